The van der Waals surface area contributed by atoms with E-state index < -0.39 is 11.7 Å². The van der Waals surface area contributed by atoms with Gasteiger partial charge in [-0.15, -0.1) is 0 Å². The average Bonchev–Trinajstić information content (AvgIpc) is 2.96. The summed E-state index contributed by atoms with van der Waals surface area (Å²) in [5.41, 5.74) is 1.27. The fourth-order valence-electron chi connectivity index (χ4n) is 2.42. The van der Waals surface area contributed by atoms with Crippen molar-refractivity contribution in [1.29, 1.82) is 0 Å². The largest absolute Gasteiger partial charge is 0.457 e. The van der Waals surface area contributed by atoms with Crippen LogP contribution in [0.5, 0.6) is 11.5 Å². The number of alkyl halides is 3. The van der Waals surface area contributed by atoms with Gasteiger partial charge in [0.15, 0.2) is 0 Å². The number of benzene rings is 2. The van der Waals surface area contributed by atoms with E-state index in [2.05, 4.69) is 34.8 Å². The van der Waals surface area contributed by atoms with Gasteiger partial charge >= 0.3 is 6.18 Å². The van der Waals surface area contributed by atoms with E-state index in [4.69, 9.17) is 4.74 Å². The highest BCUT2D eigenvalue weighted by atomic mass is 79.9. The number of halogens is 4. The van der Waals surface area contributed by atoms with Crippen LogP contribution in [0, 0.1) is 0 Å². The molecule has 0 aliphatic rings. The maximum Gasteiger partial charge on any atom is 0.416 e. The lowest BCUT2D eigenvalue weighted by atomic mass is 10.1. The number of fused-ring (bicyclic) bond motifs is 1. The Labute approximate surface area is 145 Å². The van der Waals surface area contributed by atoms with Crippen LogP contribution in [0.3, 0.4) is 0 Å². The van der Waals surface area contributed by atoms with Crippen molar-refractivity contribution in [3.63, 3.8) is 0 Å². The monoisotopic (exact) mass is 397 g/mol. The average molecular weight is 398 g/mol. The molecular formula is C18H15BrF3NO. The van der Waals surface area contributed by atoms with Crippen LogP contribution in [0.4, 0.5) is 13.2 Å². The van der Waals surface area contributed by atoms with Crippen LogP contribution in [0.1, 0.15) is 31.0 Å². The van der Waals surface area contributed by atoms with Crippen LogP contribution in [0.25, 0.3) is 10.9 Å². The Balaban J connectivity index is 1.97. The Bertz CT molecular complexity index is 866. The van der Waals surface area contributed by atoms with Crippen molar-refractivity contribution in [2.45, 2.75) is 25.9 Å². The molecule has 0 atom stereocenters. The number of rotatable bonds is 3. The predicted molar refractivity (Wildman–Crippen MR) is 91.6 cm³/mol. The fraction of sp³-hybridized carbons (Fsp3) is 0.222. The molecule has 0 fully saturated rings. The molecule has 3 rings (SSSR count). The number of hydrogen-bond donors (Lipinski definition) is 1. The minimum absolute atomic E-state index is 0.322. The third kappa shape index (κ3) is 3.29. The van der Waals surface area contributed by atoms with E-state index >= 15 is 0 Å². The van der Waals surface area contributed by atoms with Gasteiger partial charge in [-0.3, -0.25) is 0 Å². The van der Waals surface area contributed by atoms with Crippen molar-refractivity contribution in [3.8, 4) is 11.5 Å². The minimum Gasteiger partial charge on any atom is -0.457 e. The normalized spacial score (nSPS) is 12.1. The van der Waals surface area contributed by atoms with Gasteiger partial charge < -0.3 is 9.72 Å². The molecule has 0 spiro atoms. The lowest BCUT2D eigenvalue weighted by Gasteiger charge is -2.10. The number of hydrogen-bond acceptors (Lipinski definition) is 1. The second-order valence-corrected chi connectivity index (χ2v) is 6.69. The number of aromatic amines is 1. The molecule has 24 heavy (non-hydrogen) atoms. The molecule has 0 radical (unpaired) electrons. The molecule has 0 amide bonds. The van der Waals surface area contributed by atoms with Crippen molar-refractivity contribution in [1.82, 2.24) is 4.98 Å². The first-order chi connectivity index (χ1) is 11.3. The van der Waals surface area contributed by atoms with Crippen LogP contribution in [0.2, 0.25) is 0 Å². The van der Waals surface area contributed by atoms with Crippen molar-refractivity contribution in [3.05, 3.63) is 58.2 Å². The highest BCUT2D eigenvalue weighted by Gasteiger charge is 2.30. The van der Waals surface area contributed by atoms with Crippen LogP contribution in [0.15, 0.2) is 46.9 Å². The van der Waals surface area contributed by atoms with Crippen LogP contribution in [-0.4, -0.2) is 4.98 Å². The highest BCUT2D eigenvalue weighted by Crippen LogP contribution is 2.37. The standard InChI is InChI=1S/C18H15BrF3NO/c1-10(2)15-9-13-16(8-7-14(19)17(13)23-15)24-12-5-3-11(4-6-12)18(20,21)22/h3-10,23H,1-2H3. The molecule has 1 aromatic heterocycles. The molecule has 0 bridgehead atoms. The zero-order valence-electron chi connectivity index (χ0n) is 13.0. The lowest BCUT2D eigenvalue weighted by Crippen LogP contribution is -2.03. The van der Waals surface area contributed by atoms with E-state index in [1.54, 1.807) is 6.07 Å². The van der Waals surface area contributed by atoms with Gasteiger partial charge in [0.2, 0.25) is 0 Å². The third-order valence-electron chi connectivity index (χ3n) is 3.76. The second kappa shape index (κ2) is 6.16. The number of ether oxygens (including phenoxy) is 1. The Hall–Kier alpha value is -1.95. The van der Waals surface area contributed by atoms with Crippen LogP contribution >= 0.6 is 15.9 Å². The molecule has 3 aromatic rings. The Kier molecular flexibility index (Phi) is 4.34. The van der Waals surface area contributed by atoms with E-state index in [0.29, 0.717) is 17.4 Å². The quantitative estimate of drug-likeness (QED) is 0.512. The van der Waals surface area contributed by atoms with Gasteiger partial charge in [-0.1, -0.05) is 13.8 Å². The van der Waals surface area contributed by atoms with Gasteiger partial charge in [0, 0.05) is 15.6 Å². The first-order valence-electron chi connectivity index (χ1n) is 7.42. The highest BCUT2D eigenvalue weighted by molar-refractivity contribution is 9.10. The van der Waals surface area contributed by atoms with E-state index in [9.17, 15) is 13.2 Å². The van der Waals surface area contributed by atoms with Crippen molar-refractivity contribution in [2.24, 2.45) is 0 Å². The molecule has 6 heteroatoms. The Morgan fingerprint density at radius 1 is 1.04 bits per heavy atom. The first-order valence-corrected chi connectivity index (χ1v) is 8.21. The van der Waals surface area contributed by atoms with Gasteiger partial charge in [0.05, 0.1) is 11.1 Å². The molecule has 0 aliphatic carbocycles. The predicted octanol–water partition coefficient (Wildman–Crippen LogP) is 6.86. The van der Waals surface area contributed by atoms with Crippen molar-refractivity contribution in [2.75, 3.05) is 0 Å². The smallest absolute Gasteiger partial charge is 0.416 e. The van der Waals surface area contributed by atoms with Gasteiger partial charge in [-0.25, -0.2) is 0 Å². The Morgan fingerprint density at radius 3 is 2.29 bits per heavy atom. The summed E-state index contributed by atoms with van der Waals surface area (Å²) in [6.45, 7) is 4.16. The van der Waals surface area contributed by atoms with Gasteiger partial charge in [-0.2, -0.15) is 13.2 Å². The summed E-state index contributed by atoms with van der Waals surface area (Å²) in [5, 5.41) is 0.882. The van der Waals surface area contributed by atoms with E-state index in [0.717, 1.165) is 33.2 Å². The van der Waals surface area contributed by atoms with Gasteiger partial charge in [-0.05, 0) is 64.3 Å². The van der Waals surface area contributed by atoms with Gasteiger partial charge in [0.1, 0.15) is 11.5 Å². The lowest BCUT2D eigenvalue weighted by molar-refractivity contribution is -0.137. The van der Waals surface area contributed by atoms with E-state index in [1.807, 2.05) is 12.1 Å². The Morgan fingerprint density at radius 2 is 1.71 bits per heavy atom. The molecule has 1 N–H and O–H groups in total. The van der Waals surface area contributed by atoms with E-state index in [1.165, 1.54) is 12.1 Å². The number of nitrogens with one attached hydrogen (secondary N) is 1. The van der Waals surface area contributed by atoms with E-state index in [-0.39, 0.29) is 0 Å². The molecule has 0 aliphatic heterocycles. The molecule has 1 heterocycles. The molecule has 126 valence electrons. The minimum atomic E-state index is -4.35. The molecule has 2 aromatic carbocycles. The van der Waals surface area contributed by atoms with Gasteiger partial charge in [0.25, 0.3) is 0 Å². The van der Waals surface area contributed by atoms with Crippen LogP contribution < -0.4 is 4.74 Å². The summed E-state index contributed by atoms with van der Waals surface area (Å²) < 4.78 is 44.6. The molecular weight excluding hydrogens is 383 g/mol. The molecule has 2 nitrogen and oxygen atoms in total. The van der Waals surface area contributed by atoms with Crippen molar-refractivity contribution < 1.29 is 17.9 Å². The van der Waals surface area contributed by atoms with Crippen LogP contribution in [-0.2, 0) is 6.18 Å². The third-order valence-corrected chi connectivity index (χ3v) is 4.42. The topological polar surface area (TPSA) is 25.0 Å². The summed E-state index contributed by atoms with van der Waals surface area (Å²) in [6.07, 6.45) is -4.35. The molecule has 0 saturated carbocycles. The maximum atomic E-state index is 12.6. The second-order valence-electron chi connectivity index (χ2n) is 5.84. The first kappa shape index (κ1) is 16.9. The zero-order chi connectivity index (χ0) is 17.5. The summed E-state index contributed by atoms with van der Waals surface area (Å²) in [6, 6.07) is 10.3. The fourth-order valence-corrected chi connectivity index (χ4v) is 2.86. The van der Waals surface area contributed by atoms with Crippen molar-refractivity contribution >= 4 is 26.8 Å². The zero-order valence-corrected chi connectivity index (χ0v) is 14.6. The summed E-state index contributed by atoms with van der Waals surface area (Å²) in [4.78, 5) is 3.34. The summed E-state index contributed by atoms with van der Waals surface area (Å²) in [7, 11) is 0. The summed E-state index contributed by atoms with van der Waals surface area (Å²) in [5.74, 6) is 1.28. The SMILES string of the molecule is CC(C)c1cc2c(Oc3ccc(C(F)(F)F)cc3)ccc(Br)c2[nH]1. The number of H-pyrrole nitrogens is 1. The molecule has 0 unspecified atom stereocenters. The molecule has 0 saturated heterocycles. The number of aromatic nitrogens is 1. The summed E-state index contributed by atoms with van der Waals surface area (Å²) >= 11 is 3.50. The maximum absolute atomic E-state index is 12.6.